The molecule has 2 fully saturated rings. The van der Waals surface area contributed by atoms with E-state index in [1.54, 1.807) is 22.2 Å². The Bertz CT molecular complexity index is 2660. The average Bonchev–Trinajstić information content (AvgIpc) is 4.16. The fourth-order valence-electron chi connectivity index (χ4n) is 9.17. The number of imidazole rings is 2. The molecule has 4 N–H and O–H groups in total. The van der Waals surface area contributed by atoms with Crippen molar-refractivity contribution in [1.82, 2.24) is 40.4 Å². The van der Waals surface area contributed by atoms with E-state index in [1.807, 2.05) is 51.1 Å². The maximum Gasteiger partial charge on any atom is 0.407 e. The van der Waals surface area contributed by atoms with Crippen molar-refractivity contribution in [3.8, 4) is 39.7 Å². The summed E-state index contributed by atoms with van der Waals surface area (Å²) in [5.41, 5.74) is 4.95. The number of nitrogens with zero attached hydrogens (tertiary/aromatic N) is 5. The summed E-state index contributed by atoms with van der Waals surface area (Å²) in [7, 11) is 2.56. The number of carbonyl (C=O) groups excluding carboxylic acids is 4. The van der Waals surface area contributed by atoms with Crippen molar-refractivity contribution >= 4 is 34.8 Å². The number of benzene rings is 3. The van der Waals surface area contributed by atoms with Crippen molar-refractivity contribution in [2.24, 2.45) is 17.3 Å². The monoisotopic (exact) mass is 863 g/mol. The van der Waals surface area contributed by atoms with Crippen molar-refractivity contribution in [2.75, 3.05) is 27.3 Å². The molecule has 3 aromatic carbocycles. The van der Waals surface area contributed by atoms with Crippen LogP contribution >= 0.6 is 0 Å². The number of ether oxygens (including phenoxy) is 2. The maximum absolute atomic E-state index is 14.3. The average molecular weight is 864 g/mol. The van der Waals surface area contributed by atoms with E-state index in [0.29, 0.717) is 31.0 Å². The van der Waals surface area contributed by atoms with Crippen molar-refractivity contribution in [2.45, 2.75) is 70.6 Å². The molecule has 6 atom stereocenters. The second-order valence-corrected chi connectivity index (χ2v) is 17.4. The summed E-state index contributed by atoms with van der Waals surface area (Å²) in [6.07, 6.45) is 12.5. The molecule has 2 aromatic heterocycles. The first kappa shape index (κ1) is 43.4. The van der Waals surface area contributed by atoms with E-state index >= 15 is 0 Å². The molecule has 0 bridgehead atoms. The first-order valence-electron chi connectivity index (χ1n) is 21.7. The third-order valence-corrected chi connectivity index (χ3v) is 12.8. The molecule has 64 heavy (non-hydrogen) atoms. The zero-order valence-electron chi connectivity index (χ0n) is 36.6. The lowest BCUT2D eigenvalue weighted by Gasteiger charge is -2.38. The van der Waals surface area contributed by atoms with Crippen LogP contribution in [0.1, 0.15) is 70.2 Å². The molecule has 1 aliphatic carbocycles. The van der Waals surface area contributed by atoms with Gasteiger partial charge in [0.1, 0.15) is 23.7 Å². The van der Waals surface area contributed by atoms with E-state index in [-0.39, 0.29) is 30.3 Å². The molecule has 8 rings (SSSR count). The van der Waals surface area contributed by atoms with E-state index in [9.17, 15) is 24.4 Å². The fourth-order valence-corrected chi connectivity index (χ4v) is 9.17. The van der Waals surface area contributed by atoms with Gasteiger partial charge in [0.2, 0.25) is 11.8 Å². The molecule has 3 aliphatic rings. The SMILES string of the molecule is COC(=O)N[C@H](C(=O)N1CCC[C@H]1c1ncc(-c2ccc(-c3ccc4cc(-c5cnc([C@@H]6C[C@H](C#N)CN6C(=O)[C@H](NC(=O)OC)C6(C)C=CC=CC6)[nH]5)ccc4c3)cc2)[nH]1)C(C)C. The van der Waals surface area contributed by atoms with E-state index < -0.39 is 41.6 Å². The Kier molecular flexibility index (Phi) is 12.4. The number of methoxy groups -OCH3 is 2. The lowest BCUT2D eigenvalue weighted by molar-refractivity contribution is -0.137. The number of nitriles is 1. The molecule has 4 heterocycles. The first-order valence-corrected chi connectivity index (χ1v) is 21.7. The molecule has 0 saturated carbocycles. The molecular weight excluding hydrogens is 811 g/mol. The predicted octanol–water partition coefficient (Wildman–Crippen LogP) is 7.99. The van der Waals surface area contributed by atoms with Gasteiger partial charge in [0.15, 0.2) is 0 Å². The molecule has 2 saturated heterocycles. The van der Waals surface area contributed by atoms with E-state index in [2.05, 4.69) is 81.3 Å². The Morgan fingerprint density at radius 2 is 1.41 bits per heavy atom. The molecule has 15 heteroatoms. The molecule has 0 radical (unpaired) electrons. The topological polar surface area (TPSA) is 198 Å². The Balaban J connectivity index is 0.961. The highest BCUT2D eigenvalue weighted by Crippen LogP contribution is 2.40. The number of aromatic nitrogens is 4. The number of amides is 4. The number of hydrogen-bond acceptors (Lipinski definition) is 9. The predicted molar refractivity (Wildman–Crippen MR) is 241 cm³/mol. The Hall–Kier alpha value is -7.21. The molecule has 2 aliphatic heterocycles. The van der Waals surface area contributed by atoms with Crippen molar-refractivity contribution in [3.63, 3.8) is 0 Å². The van der Waals surface area contributed by atoms with Crippen LogP contribution in [0.15, 0.2) is 97.4 Å². The van der Waals surface area contributed by atoms with Gasteiger partial charge < -0.3 is 39.9 Å². The van der Waals surface area contributed by atoms with E-state index in [1.165, 1.54) is 14.2 Å². The van der Waals surface area contributed by atoms with Gasteiger partial charge in [-0.15, -0.1) is 0 Å². The Morgan fingerprint density at radius 3 is 2.05 bits per heavy atom. The van der Waals surface area contributed by atoms with Gasteiger partial charge in [0, 0.05) is 24.1 Å². The second-order valence-electron chi connectivity index (χ2n) is 17.4. The number of likely N-dealkylation sites (tertiary alicyclic amines) is 2. The lowest BCUT2D eigenvalue weighted by atomic mass is 9.76. The third kappa shape index (κ3) is 8.73. The maximum atomic E-state index is 14.3. The van der Waals surface area contributed by atoms with Crippen molar-refractivity contribution in [1.29, 1.82) is 5.26 Å². The van der Waals surface area contributed by atoms with Gasteiger partial charge in [-0.05, 0) is 71.2 Å². The third-order valence-electron chi connectivity index (χ3n) is 12.8. The van der Waals surface area contributed by atoms with E-state index in [0.717, 1.165) is 57.3 Å². The molecule has 0 spiro atoms. The molecular formula is C49H53N9O6. The molecule has 5 aromatic rings. The number of carbonyl (C=O) groups is 4. The van der Waals surface area contributed by atoms with Gasteiger partial charge in [-0.3, -0.25) is 9.59 Å². The minimum Gasteiger partial charge on any atom is -0.453 e. The minimum atomic E-state index is -0.917. The standard InChI is InChI=1S/C49H53N9O6/c1-29(2)41(55-47(61)63-4)45(59)57-21-9-10-39(57)43-51-26-37(53-43)32-13-11-31(12-14-32)33-15-16-35-24-36(18-17-34(35)23-33)38-27-52-44(54-38)40-22-30(25-50)28-58(40)46(60)42(56-48(62)64-5)49(3)19-7-6-8-20-49/h6-8,11-19,23-24,26-27,29-30,39-42H,9-10,20-22,28H2,1-5H3,(H,51,53)(H,52,54)(H,55,61)(H,56,62)/t30-,39+,40+,41+,42+,49?/m1/s1. The van der Waals surface area contributed by atoms with Crippen LogP contribution in [0.5, 0.6) is 0 Å². The minimum absolute atomic E-state index is 0.115. The second kappa shape index (κ2) is 18.3. The highest BCUT2D eigenvalue weighted by atomic mass is 16.5. The van der Waals surface area contributed by atoms with Crippen LogP contribution in [0.4, 0.5) is 9.59 Å². The van der Waals surface area contributed by atoms with Crippen LogP contribution in [0.3, 0.4) is 0 Å². The summed E-state index contributed by atoms with van der Waals surface area (Å²) in [4.78, 5) is 72.2. The summed E-state index contributed by atoms with van der Waals surface area (Å²) in [6.45, 7) is 6.53. The zero-order chi connectivity index (χ0) is 45.1. The van der Waals surface area contributed by atoms with Gasteiger partial charge in [-0.25, -0.2) is 19.6 Å². The quantitative estimate of drug-likeness (QED) is 0.102. The van der Waals surface area contributed by atoms with Crippen LogP contribution in [0.25, 0.3) is 44.4 Å². The van der Waals surface area contributed by atoms with Crippen LogP contribution in [-0.4, -0.2) is 93.1 Å². The first-order chi connectivity index (χ1) is 30.9. The van der Waals surface area contributed by atoms with E-state index in [4.69, 9.17) is 19.4 Å². The number of aromatic amines is 2. The Morgan fingerprint density at radius 1 is 0.797 bits per heavy atom. The van der Waals surface area contributed by atoms with Gasteiger partial charge in [0.05, 0.1) is 62.1 Å². The molecule has 330 valence electrons. The number of allylic oxidation sites excluding steroid dienone is 3. The summed E-state index contributed by atoms with van der Waals surface area (Å²) in [5.74, 6) is 0.338. The number of hydrogen-bond donors (Lipinski definition) is 4. The number of H-pyrrole nitrogens is 2. The van der Waals surface area contributed by atoms with Gasteiger partial charge >= 0.3 is 12.2 Å². The number of alkyl carbamates (subject to hydrolysis) is 2. The van der Waals surface area contributed by atoms with Crippen LogP contribution in [0.2, 0.25) is 0 Å². The summed E-state index contributed by atoms with van der Waals surface area (Å²) in [6, 6.07) is 20.9. The van der Waals surface area contributed by atoms with Gasteiger partial charge in [-0.2, -0.15) is 5.26 Å². The van der Waals surface area contributed by atoms with Crippen LogP contribution in [0, 0.1) is 28.6 Å². The largest absolute Gasteiger partial charge is 0.453 e. The highest BCUT2D eigenvalue weighted by Gasteiger charge is 2.46. The van der Waals surface area contributed by atoms with Crippen LogP contribution in [-0.2, 0) is 19.1 Å². The normalized spacial score (nSPS) is 21.4. The number of nitrogens with one attached hydrogen (secondary N) is 4. The molecule has 1 unspecified atom stereocenters. The fraction of sp³-hybridized carbons (Fsp3) is 0.367. The zero-order valence-corrected chi connectivity index (χ0v) is 36.6. The Labute approximate surface area is 371 Å². The number of fused-ring (bicyclic) bond motifs is 1. The highest BCUT2D eigenvalue weighted by molar-refractivity contribution is 5.91. The molecule has 15 nitrogen and oxygen atoms in total. The van der Waals surface area contributed by atoms with Crippen LogP contribution < -0.4 is 10.6 Å². The number of rotatable bonds is 11. The summed E-state index contributed by atoms with van der Waals surface area (Å²) in [5, 5.41) is 17.5. The lowest BCUT2D eigenvalue weighted by Crippen LogP contribution is -2.56. The van der Waals surface area contributed by atoms with Crippen molar-refractivity contribution < 1.29 is 28.7 Å². The summed E-state index contributed by atoms with van der Waals surface area (Å²) >= 11 is 0. The smallest absolute Gasteiger partial charge is 0.407 e. The molecule has 4 amide bonds. The van der Waals surface area contributed by atoms with Gasteiger partial charge in [0.25, 0.3) is 0 Å². The van der Waals surface area contributed by atoms with Gasteiger partial charge in [-0.1, -0.05) is 93.6 Å². The van der Waals surface area contributed by atoms with Crippen molar-refractivity contribution in [3.05, 3.63) is 109 Å². The summed E-state index contributed by atoms with van der Waals surface area (Å²) < 4.78 is 9.67.